The first kappa shape index (κ1) is 15.0. The van der Waals surface area contributed by atoms with Gasteiger partial charge in [0.15, 0.2) is 0 Å². The third-order valence-corrected chi connectivity index (χ3v) is 2.94. The first-order valence-corrected chi connectivity index (χ1v) is 6.48. The smallest absolute Gasteiger partial charge is 0.488 e. The number of hydrogen-bond donors (Lipinski definition) is 2. The van der Waals surface area contributed by atoms with E-state index in [1.54, 1.807) is 18.2 Å². The molecule has 0 aliphatic rings. The molecule has 0 saturated carbocycles. The summed E-state index contributed by atoms with van der Waals surface area (Å²) in [5, 5.41) is 18.1. The van der Waals surface area contributed by atoms with Crippen LogP contribution < -0.4 is 10.2 Å². The first-order valence-electron chi connectivity index (χ1n) is 6.48. The van der Waals surface area contributed by atoms with Crippen LogP contribution in [0.25, 0.3) is 0 Å². The van der Waals surface area contributed by atoms with E-state index in [-0.39, 0.29) is 0 Å². The van der Waals surface area contributed by atoms with Gasteiger partial charge in [0.25, 0.3) is 0 Å². The van der Waals surface area contributed by atoms with E-state index in [2.05, 4.69) is 18.7 Å². The van der Waals surface area contributed by atoms with E-state index >= 15 is 0 Å². The van der Waals surface area contributed by atoms with Crippen LogP contribution in [0.2, 0.25) is 0 Å². The van der Waals surface area contributed by atoms with Gasteiger partial charge in [-0.2, -0.15) is 0 Å². The van der Waals surface area contributed by atoms with Crippen LogP contribution in [0, 0.1) is 0 Å². The third-order valence-electron chi connectivity index (χ3n) is 2.94. The quantitative estimate of drug-likeness (QED) is 0.521. The molecule has 0 fully saturated rings. The average molecular weight is 251 g/mol. The molecule has 0 bridgehead atoms. The van der Waals surface area contributed by atoms with Crippen molar-refractivity contribution in [3.8, 4) is 5.75 Å². The van der Waals surface area contributed by atoms with Crippen molar-refractivity contribution in [2.75, 3.05) is 26.2 Å². The lowest BCUT2D eigenvalue weighted by Crippen LogP contribution is -2.29. The molecular formula is C13H22BNO3. The molecule has 100 valence electrons. The van der Waals surface area contributed by atoms with Gasteiger partial charge in [-0.05, 0) is 37.1 Å². The zero-order valence-corrected chi connectivity index (χ0v) is 11.2. The van der Waals surface area contributed by atoms with E-state index in [1.807, 2.05) is 6.07 Å². The van der Waals surface area contributed by atoms with Gasteiger partial charge in [0, 0.05) is 6.54 Å². The van der Waals surface area contributed by atoms with Gasteiger partial charge in [0.2, 0.25) is 0 Å². The van der Waals surface area contributed by atoms with Crippen LogP contribution in [0.4, 0.5) is 0 Å². The van der Waals surface area contributed by atoms with Gasteiger partial charge in [-0.15, -0.1) is 0 Å². The van der Waals surface area contributed by atoms with E-state index in [9.17, 15) is 0 Å². The van der Waals surface area contributed by atoms with Crippen LogP contribution in [0.1, 0.15) is 20.3 Å². The minimum atomic E-state index is -1.44. The van der Waals surface area contributed by atoms with Crippen molar-refractivity contribution >= 4 is 12.6 Å². The monoisotopic (exact) mass is 251 g/mol. The molecule has 0 saturated heterocycles. The zero-order valence-electron chi connectivity index (χ0n) is 11.2. The highest BCUT2D eigenvalue weighted by molar-refractivity contribution is 6.58. The normalized spacial score (nSPS) is 10.7. The van der Waals surface area contributed by atoms with Gasteiger partial charge in [0.1, 0.15) is 5.75 Å². The summed E-state index contributed by atoms with van der Waals surface area (Å²) in [5.41, 5.74) is 0.455. The van der Waals surface area contributed by atoms with Crippen molar-refractivity contribution in [2.24, 2.45) is 0 Å². The van der Waals surface area contributed by atoms with Crippen LogP contribution >= 0.6 is 0 Å². The minimum Gasteiger partial charge on any atom is -0.494 e. The van der Waals surface area contributed by atoms with E-state index in [0.29, 0.717) is 17.8 Å². The molecule has 1 rings (SSSR count). The molecule has 0 atom stereocenters. The summed E-state index contributed by atoms with van der Waals surface area (Å²) in [6, 6.07) is 6.90. The molecule has 0 aliphatic heterocycles. The summed E-state index contributed by atoms with van der Waals surface area (Å²) in [5.74, 6) is 0.681. The SMILES string of the molecule is CCN(CC)CCCOc1cccc(B(O)O)c1. The predicted octanol–water partition coefficient (Wildman–Crippen LogP) is 0.477. The Morgan fingerprint density at radius 3 is 2.56 bits per heavy atom. The topological polar surface area (TPSA) is 52.9 Å². The lowest BCUT2D eigenvalue weighted by molar-refractivity contribution is 0.249. The molecule has 0 spiro atoms. The fourth-order valence-corrected chi connectivity index (χ4v) is 1.78. The molecule has 18 heavy (non-hydrogen) atoms. The van der Waals surface area contributed by atoms with Crippen LogP contribution in [-0.2, 0) is 0 Å². The average Bonchev–Trinajstić information content (AvgIpc) is 2.39. The summed E-state index contributed by atoms with van der Waals surface area (Å²) in [6.45, 7) is 8.08. The number of ether oxygens (including phenoxy) is 1. The van der Waals surface area contributed by atoms with E-state index in [0.717, 1.165) is 26.1 Å². The molecule has 0 heterocycles. The molecule has 0 aromatic heterocycles. The zero-order chi connectivity index (χ0) is 13.4. The van der Waals surface area contributed by atoms with Crippen LogP contribution in [0.15, 0.2) is 24.3 Å². The number of benzene rings is 1. The highest BCUT2D eigenvalue weighted by Crippen LogP contribution is 2.08. The van der Waals surface area contributed by atoms with Gasteiger partial charge >= 0.3 is 7.12 Å². The van der Waals surface area contributed by atoms with Crippen molar-refractivity contribution in [3.05, 3.63) is 24.3 Å². The Balaban J connectivity index is 2.33. The Labute approximate surface area is 109 Å². The Kier molecular flexibility index (Phi) is 6.79. The molecule has 0 unspecified atom stereocenters. The third kappa shape index (κ3) is 5.08. The molecule has 0 aliphatic carbocycles. The fourth-order valence-electron chi connectivity index (χ4n) is 1.78. The van der Waals surface area contributed by atoms with Crippen LogP contribution in [0.3, 0.4) is 0 Å². The van der Waals surface area contributed by atoms with E-state index in [1.165, 1.54) is 0 Å². The number of nitrogens with zero attached hydrogens (tertiary/aromatic N) is 1. The van der Waals surface area contributed by atoms with Crippen molar-refractivity contribution in [1.82, 2.24) is 4.90 Å². The Bertz CT molecular complexity index is 343. The predicted molar refractivity (Wildman–Crippen MR) is 74.2 cm³/mol. The van der Waals surface area contributed by atoms with Crippen molar-refractivity contribution < 1.29 is 14.8 Å². The van der Waals surface area contributed by atoms with Crippen LogP contribution in [-0.4, -0.2) is 48.3 Å². The lowest BCUT2D eigenvalue weighted by Gasteiger charge is -2.17. The molecule has 4 nitrogen and oxygen atoms in total. The van der Waals surface area contributed by atoms with Gasteiger partial charge < -0.3 is 19.7 Å². The van der Waals surface area contributed by atoms with Gasteiger partial charge in [-0.1, -0.05) is 26.0 Å². The Morgan fingerprint density at radius 2 is 1.94 bits per heavy atom. The summed E-state index contributed by atoms with van der Waals surface area (Å²) in [6.07, 6.45) is 0.966. The molecule has 2 N–H and O–H groups in total. The number of hydrogen-bond acceptors (Lipinski definition) is 4. The summed E-state index contributed by atoms with van der Waals surface area (Å²) >= 11 is 0. The summed E-state index contributed by atoms with van der Waals surface area (Å²) < 4.78 is 5.59. The maximum atomic E-state index is 9.05. The maximum absolute atomic E-state index is 9.05. The van der Waals surface area contributed by atoms with Crippen LogP contribution in [0.5, 0.6) is 5.75 Å². The molecular weight excluding hydrogens is 229 g/mol. The second-order valence-electron chi connectivity index (χ2n) is 4.18. The van der Waals surface area contributed by atoms with E-state index < -0.39 is 7.12 Å². The van der Waals surface area contributed by atoms with Gasteiger partial charge in [-0.25, -0.2) is 0 Å². The maximum Gasteiger partial charge on any atom is 0.488 e. The first-order chi connectivity index (χ1) is 8.67. The van der Waals surface area contributed by atoms with E-state index in [4.69, 9.17) is 14.8 Å². The molecule has 0 radical (unpaired) electrons. The fraction of sp³-hybridized carbons (Fsp3) is 0.538. The standard InChI is InChI=1S/C13H22BNO3/c1-3-15(4-2)9-6-10-18-13-8-5-7-12(11-13)14(16)17/h5,7-8,11,16-17H,3-4,6,9-10H2,1-2H3. The molecule has 0 amide bonds. The summed E-state index contributed by atoms with van der Waals surface area (Å²) in [4.78, 5) is 2.34. The molecule has 1 aromatic rings. The Hall–Kier alpha value is -1.04. The second kappa shape index (κ2) is 8.13. The Morgan fingerprint density at radius 1 is 1.22 bits per heavy atom. The summed E-state index contributed by atoms with van der Waals surface area (Å²) in [7, 11) is -1.44. The van der Waals surface area contributed by atoms with Crippen molar-refractivity contribution in [1.29, 1.82) is 0 Å². The highest BCUT2D eigenvalue weighted by atomic mass is 16.5. The molecule has 1 aromatic carbocycles. The van der Waals surface area contributed by atoms with Gasteiger partial charge in [-0.3, -0.25) is 0 Å². The second-order valence-corrected chi connectivity index (χ2v) is 4.18. The van der Waals surface area contributed by atoms with Gasteiger partial charge in [0.05, 0.1) is 6.61 Å². The van der Waals surface area contributed by atoms with Crippen molar-refractivity contribution in [3.63, 3.8) is 0 Å². The highest BCUT2D eigenvalue weighted by Gasteiger charge is 2.10. The van der Waals surface area contributed by atoms with Crippen molar-refractivity contribution in [2.45, 2.75) is 20.3 Å². The number of rotatable bonds is 8. The largest absolute Gasteiger partial charge is 0.494 e. The minimum absolute atomic E-state index is 0.455. The lowest BCUT2D eigenvalue weighted by atomic mass is 9.80. The molecule has 5 heteroatoms.